The van der Waals surface area contributed by atoms with Crippen LogP contribution in [-0.4, -0.2) is 25.8 Å². The van der Waals surface area contributed by atoms with E-state index in [1.54, 1.807) is 0 Å². The summed E-state index contributed by atoms with van der Waals surface area (Å²) in [5.41, 5.74) is 0. The van der Waals surface area contributed by atoms with Crippen LogP contribution in [0.1, 0.15) is 13.8 Å². The van der Waals surface area contributed by atoms with Gasteiger partial charge in [0.15, 0.2) is 0 Å². The van der Waals surface area contributed by atoms with Crippen LogP contribution in [-0.2, 0) is 4.74 Å². The summed E-state index contributed by atoms with van der Waals surface area (Å²) in [4.78, 5) is 0. The van der Waals surface area contributed by atoms with Crippen LogP contribution in [0.2, 0.25) is 0 Å². The van der Waals surface area contributed by atoms with Crippen molar-refractivity contribution in [2.24, 2.45) is 5.92 Å². The Balaban J connectivity index is 2.23. The van der Waals surface area contributed by atoms with E-state index in [4.69, 9.17) is 4.74 Å². The highest BCUT2D eigenvalue weighted by atomic mass is 16.5. The van der Waals surface area contributed by atoms with Gasteiger partial charge in [0.2, 0.25) is 0 Å². The molecular formula is C7H14NO. The molecule has 0 aromatic rings. The van der Waals surface area contributed by atoms with Crippen molar-refractivity contribution < 1.29 is 4.74 Å². The number of rotatable bonds is 1. The smallest absolute Gasteiger partial charge is 0.0639 e. The molecule has 1 heterocycles. The van der Waals surface area contributed by atoms with Gasteiger partial charge in [0.25, 0.3) is 0 Å². The van der Waals surface area contributed by atoms with Gasteiger partial charge in [-0.05, 0) is 5.92 Å². The normalized spacial score (nSPS) is 29.0. The molecule has 1 aliphatic heterocycles. The fourth-order valence-electron chi connectivity index (χ4n) is 0.943. The van der Waals surface area contributed by atoms with Gasteiger partial charge < -0.3 is 4.74 Å². The first-order valence-corrected chi connectivity index (χ1v) is 3.55. The van der Waals surface area contributed by atoms with Crippen LogP contribution in [0.15, 0.2) is 0 Å². The highest BCUT2D eigenvalue weighted by Crippen LogP contribution is 2.05. The average molecular weight is 128 g/mol. The van der Waals surface area contributed by atoms with Gasteiger partial charge in [-0.25, -0.2) is 5.32 Å². The van der Waals surface area contributed by atoms with Crippen molar-refractivity contribution in [2.45, 2.75) is 19.9 Å². The Hall–Kier alpha value is -0.0800. The molecule has 9 heavy (non-hydrogen) atoms. The van der Waals surface area contributed by atoms with Crippen LogP contribution < -0.4 is 5.32 Å². The average Bonchev–Trinajstić information content (AvgIpc) is 1.90. The quantitative estimate of drug-likeness (QED) is 0.508. The van der Waals surface area contributed by atoms with Crippen LogP contribution in [0.3, 0.4) is 0 Å². The van der Waals surface area contributed by atoms with Gasteiger partial charge in [0.05, 0.1) is 19.3 Å². The van der Waals surface area contributed by atoms with Crippen molar-refractivity contribution in [3.8, 4) is 0 Å². The second-order valence-corrected chi connectivity index (χ2v) is 2.79. The number of hydrogen-bond donors (Lipinski definition) is 0. The van der Waals surface area contributed by atoms with E-state index in [0.29, 0.717) is 12.0 Å². The van der Waals surface area contributed by atoms with Crippen molar-refractivity contribution in [3.63, 3.8) is 0 Å². The van der Waals surface area contributed by atoms with Crippen molar-refractivity contribution in [1.82, 2.24) is 5.32 Å². The summed E-state index contributed by atoms with van der Waals surface area (Å²) in [5, 5.41) is 4.40. The van der Waals surface area contributed by atoms with E-state index in [1.807, 2.05) is 0 Å². The Labute approximate surface area is 56.6 Å². The second-order valence-electron chi connectivity index (χ2n) is 2.79. The first-order chi connectivity index (χ1) is 4.30. The summed E-state index contributed by atoms with van der Waals surface area (Å²) < 4.78 is 5.25. The molecule has 1 atom stereocenters. The van der Waals surface area contributed by atoms with Crippen molar-refractivity contribution >= 4 is 0 Å². The van der Waals surface area contributed by atoms with Gasteiger partial charge in [-0.1, -0.05) is 13.8 Å². The molecule has 1 saturated heterocycles. The maximum absolute atomic E-state index is 5.25. The fraction of sp³-hybridized carbons (Fsp3) is 1.00. The Morgan fingerprint density at radius 1 is 1.56 bits per heavy atom. The molecule has 0 saturated carbocycles. The molecule has 2 nitrogen and oxygen atoms in total. The molecule has 0 spiro atoms. The molecule has 53 valence electrons. The summed E-state index contributed by atoms with van der Waals surface area (Å²) in [7, 11) is 0. The van der Waals surface area contributed by atoms with Crippen LogP contribution in [0.5, 0.6) is 0 Å². The van der Waals surface area contributed by atoms with Crippen LogP contribution in [0.25, 0.3) is 0 Å². The lowest BCUT2D eigenvalue weighted by molar-refractivity contribution is 0.0598. The van der Waals surface area contributed by atoms with Gasteiger partial charge in [-0.15, -0.1) is 0 Å². The van der Waals surface area contributed by atoms with Gasteiger partial charge >= 0.3 is 0 Å². The Bertz CT molecular complexity index is 77.0. The SMILES string of the molecule is CC(C)[C@@H]1COCC[N]1. The third-order valence-corrected chi connectivity index (χ3v) is 1.66. The number of morpholine rings is 1. The predicted molar refractivity (Wildman–Crippen MR) is 36.4 cm³/mol. The third-order valence-electron chi connectivity index (χ3n) is 1.66. The van der Waals surface area contributed by atoms with E-state index in [1.165, 1.54) is 0 Å². The molecular weight excluding hydrogens is 114 g/mol. The number of nitrogens with zero attached hydrogens (tertiary/aromatic N) is 1. The van der Waals surface area contributed by atoms with E-state index in [0.717, 1.165) is 19.8 Å². The molecule has 0 N–H and O–H groups in total. The van der Waals surface area contributed by atoms with E-state index in [-0.39, 0.29) is 0 Å². The molecule has 0 amide bonds. The molecule has 1 rings (SSSR count). The summed E-state index contributed by atoms with van der Waals surface area (Å²) >= 11 is 0. The van der Waals surface area contributed by atoms with E-state index < -0.39 is 0 Å². The zero-order valence-corrected chi connectivity index (χ0v) is 6.13. The van der Waals surface area contributed by atoms with Crippen molar-refractivity contribution in [1.29, 1.82) is 0 Å². The van der Waals surface area contributed by atoms with E-state index >= 15 is 0 Å². The first kappa shape index (κ1) is 7.03. The topological polar surface area (TPSA) is 23.3 Å². The van der Waals surface area contributed by atoms with Crippen LogP contribution >= 0.6 is 0 Å². The van der Waals surface area contributed by atoms with E-state index in [2.05, 4.69) is 19.2 Å². The molecule has 1 radical (unpaired) electrons. The number of hydrogen-bond acceptors (Lipinski definition) is 1. The van der Waals surface area contributed by atoms with Crippen LogP contribution in [0.4, 0.5) is 0 Å². The Morgan fingerprint density at radius 3 is 2.67 bits per heavy atom. The molecule has 1 fully saturated rings. The highest BCUT2D eigenvalue weighted by Gasteiger charge is 2.16. The molecule has 0 bridgehead atoms. The summed E-state index contributed by atoms with van der Waals surface area (Å²) in [5.74, 6) is 0.644. The minimum Gasteiger partial charge on any atom is -0.378 e. The molecule has 1 aliphatic rings. The maximum atomic E-state index is 5.25. The lowest BCUT2D eigenvalue weighted by Crippen LogP contribution is -2.39. The zero-order chi connectivity index (χ0) is 6.69. The molecule has 0 aliphatic carbocycles. The van der Waals surface area contributed by atoms with Gasteiger partial charge in [-0.2, -0.15) is 0 Å². The number of ether oxygens (including phenoxy) is 1. The summed E-state index contributed by atoms with van der Waals surface area (Å²) in [6.45, 7) is 6.91. The first-order valence-electron chi connectivity index (χ1n) is 3.55. The van der Waals surface area contributed by atoms with Gasteiger partial charge in [-0.3, -0.25) is 0 Å². The van der Waals surface area contributed by atoms with Crippen molar-refractivity contribution in [3.05, 3.63) is 0 Å². The maximum Gasteiger partial charge on any atom is 0.0639 e. The fourth-order valence-corrected chi connectivity index (χ4v) is 0.943. The third kappa shape index (κ3) is 1.95. The van der Waals surface area contributed by atoms with Crippen molar-refractivity contribution in [2.75, 3.05) is 19.8 Å². The van der Waals surface area contributed by atoms with Crippen LogP contribution in [0, 0.1) is 5.92 Å². The highest BCUT2D eigenvalue weighted by molar-refractivity contribution is 4.71. The lowest BCUT2D eigenvalue weighted by atomic mass is 10.1. The Kier molecular flexibility index (Phi) is 2.49. The molecule has 0 aromatic heterocycles. The van der Waals surface area contributed by atoms with Gasteiger partial charge in [0.1, 0.15) is 0 Å². The largest absolute Gasteiger partial charge is 0.378 e. The molecule has 2 heteroatoms. The lowest BCUT2D eigenvalue weighted by Gasteiger charge is -2.24. The molecule has 0 unspecified atom stereocenters. The Morgan fingerprint density at radius 2 is 2.33 bits per heavy atom. The minimum absolute atomic E-state index is 0.457. The molecule has 0 aromatic carbocycles. The summed E-state index contributed by atoms with van der Waals surface area (Å²) in [6, 6.07) is 0.457. The summed E-state index contributed by atoms with van der Waals surface area (Å²) in [6.07, 6.45) is 0. The standard InChI is InChI=1S/C7H14NO/c1-6(2)7-5-9-4-3-8-7/h6-7H,3-5H2,1-2H3/t7-/m0/s1. The monoisotopic (exact) mass is 128 g/mol. The zero-order valence-electron chi connectivity index (χ0n) is 6.13. The van der Waals surface area contributed by atoms with E-state index in [9.17, 15) is 0 Å². The minimum atomic E-state index is 0.457. The van der Waals surface area contributed by atoms with Gasteiger partial charge in [0, 0.05) is 6.54 Å². The second kappa shape index (κ2) is 3.18. The predicted octanol–water partition coefficient (Wildman–Crippen LogP) is 0.646.